The van der Waals surface area contributed by atoms with Crippen LogP contribution in [0.4, 0.5) is 5.69 Å². The smallest absolute Gasteiger partial charge is 0.119 e. The number of rotatable bonds is 9. The molecule has 0 saturated carbocycles. The lowest BCUT2D eigenvalue weighted by atomic mass is 10.3. The van der Waals surface area contributed by atoms with Crippen LogP contribution in [0.25, 0.3) is 0 Å². The van der Waals surface area contributed by atoms with Gasteiger partial charge < -0.3 is 19.4 Å². The van der Waals surface area contributed by atoms with Crippen molar-refractivity contribution in [1.29, 1.82) is 0 Å². The van der Waals surface area contributed by atoms with E-state index in [4.69, 9.17) is 9.47 Å². The minimum absolute atomic E-state index is 0.569. The van der Waals surface area contributed by atoms with Gasteiger partial charge >= 0.3 is 0 Å². The topological polar surface area (TPSA) is 48.3 Å². The number of ether oxygens (including phenoxy) is 2. The monoisotopic (exact) mass is 289 g/mol. The highest BCUT2D eigenvalue weighted by molar-refractivity contribution is 5.46. The van der Waals surface area contributed by atoms with Crippen molar-refractivity contribution in [2.75, 3.05) is 25.6 Å². The number of nitrogens with one attached hydrogen (secondary N) is 1. The van der Waals surface area contributed by atoms with Gasteiger partial charge in [-0.2, -0.15) is 0 Å². The van der Waals surface area contributed by atoms with Gasteiger partial charge in [-0.3, -0.25) is 0 Å². The molecular formula is C16H23N3O2. The number of aromatic nitrogens is 2. The summed E-state index contributed by atoms with van der Waals surface area (Å²) in [6.45, 7) is 5.10. The third kappa shape index (κ3) is 4.79. The van der Waals surface area contributed by atoms with Gasteiger partial charge in [0, 0.05) is 25.5 Å². The van der Waals surface area contributed by atoms with Crippen molar-refractivity contribution in [3.63, 3.8) is 0 Å². The van der Waals surface area contributed by atoms with Gasteiger partial charge in [0.2, 0.25) is 0 Å². The highest BCUT2D eigenvalue weighted by atomic mass is 16.5. The van der Waals surface area contributed by atoms with E-state index in [2.05, 4.69) is 21.8 Å². The molecule has 114 valence electrons. The summed E-state index contributed by atoms with van der Waals surface area (Å²) in [6, 6.07) is 7.95. The Morgan fingerprint density at radius 3 is 2.71 bits per heavy atom. The third-order valence-corrected chi connectivity index (χ3v) is 3.15. The molecule has 1 aromatic heterocycles. The van der Waals surface area contributed by atoms with E-state index in [0.29, 0.717) is 13.2 Å². The summed E-state index contributed by atoms with van der Waals surface area (Å²) in [6.07, 6.45) is 4.90. The van der Waals surface area contributed by atoms with Crippen molar-refractivity contribution < 1.29 is 9.47 Å². The second-order valence-electron chi connectivity index (χ2n) is 4.80. The SMILES string of the molecule is CCCn1cncc1CNc1ccc(OCCOC)cc1. The van der Waals surface area contributed by atoms with Crippen molar-refractivity contribution in [1.82, 2.24) is 9.55 Å². The molecule has 2 aromatic rings. The average molecular weight is 289 g/mol. The Kier molecular flexibility index (Phi) is 6.09. The van der Waals surface area contributed by atoms with Crippen molar-refractivity contribution in [3.05, 3.63) is 42.5 Å². The normalized spacial score (nSPS) is 10.6. The van der Waals surface area contributed by atoms with E-state index in [1.807, 2.05) is 36.8 Å². The molecule has 0 atom stereocenters. The molecule has 0 saturated heterocycles. The summed E-state index contributed by atoms with van der Waals surface area (Å²) in [5.41, 5.74) is 2.26. The summed E-state index contributed by atoms with van der Waals surface area (Å²) >= 11 is 0. The predicted molar refractivity (Wildman–Crippen MR) is 83.7 cm³/mol. The molecule has 1 heterocycles. The second kappa shape index (κ2) is 8.32. The number of aryl methyl sites for hydroxylation is 1. The maximum Gasteiger partial charge on any atom is 0.119 e. The fraction of sp³-hybridized carbons (Fsp3) is 0.438. The largest absolute Gasteiger partial charge is 0.491 e. The summed E-state index contributed by atoms with van der Waals surface area (Å²) in [5, 5.41) is 3.40. The number of nitrogens with zero attached hydrogens (tertiary/aromatic N) is 2. The first-order chi connectivity index (χ1) is 10.3. The van der Waals surface area contributed by atoms with Crippen LogP contribution in [-0.4, -0.2) is 29.9 Å². The molecule has 0 aliphatic rings. The number of imidazole rings is 1. The Balaban J connectivity index is 1.84. The fourth-order valence-corrected chi connectivity index (χ4v) is 2.04. The molecule has 0 aliphatic carbocycles. The van der Waals surface area contributed by atoms with Gasteiger partial charge in [-0.1, -0.05) is 6.92 Å². The number of hydrogen-bond donors (Lipinski definition) is 1. The maximum atomic E-state index is 5.54. The van der Waals surface area contributed by atoms with Crippen molar-refractivity contribution >= 4 is 5.69 Å². The minimum Gasteiger partial charge on any atom is -0.491 e. The summed E-state index contributed by atoms with van der Waals surface area (Å²) in [7, 11) is 1.67. The van der Waals surface area contributed by atoms with Crippen LogP contribution in [0, 0.1) is 0 Å². The molecular weight excluding hydrogens is 266 g/mol. The molecule has 0 radical (unpaired) electrons. The zero-order valence-electron chi connectivity index (χ0n) is 12.7. The van der Waals surface area contributed by atoms with Crippen LogP contribution in [0.5, 0.6) is 5.75 Å². The van der Waals surface area contributed by atoms with Gasteiger partial charge in [0.15, 0.2) is 0 Å². The summed E-state index contributed by atoms with van der Waals surface area (Å²) < 4.78 is 12.7. The second-order valence-corrected chi connectivity index (χ2v) is 4.80. The van der Waals surface area contributed by atoms with Crippen molar-refractivity contribution in [3.8, 4) is 5.75 Å². The number of methoxy groups -OCH3 is 1. The first-order valence-corrected chi connectivity index (χ1v) is 7.28. The Morgan fingerprint density at radius 1 is 1.19 bits per heavy atom. The van der Waals surface area contributed by atoms with Gasteiger partial charge in [-0.05, 0) is 30.7 Å². The van der Waals surface area contributed by atoms with Crippen LogP contribution < -0.4 is 10.1 Å². The van der Waals surface area contributed by atoms with E-state index < -0.39 is 0 Å². The Labute approximate surface area is 125 Å². The van der Waals surface area contributed by atoms with Gasteiger partial charge in [0.05, 0.1) is 25.2 Å². The molecule has 0 spiro atoms. The van der Waals surface area contributed by atoms with Crippen LogP contribution in [0.2, 0.25) is 0 Å². The lowest BCUT2D eigenvalue weighted by molar-refractivity contribution is 0.146. The Hall–Kier alpha value is -2.01. The van der Waals surface area contributed by atoms with Crippen LogP contribution in [0.3, 0.4) is 0 Å². The fourth-order valence-electron chi connectivity index (χ4n) is 2.04. The lowest BCUT2D eigenvalue weighted by Crippen LogP contribution is -2.07. The highest BCUT2D eigenvalue weighted by Crippen LogP contribution is 2.16. The zero-order valence-corrected chi connectivity index (χ0v) is 12.7. The quantitative estimate of drug-likeness (QED) is 0.721. The Bertz CT molecular complexity index is 523. The highest BCUT2D eigenvalue weighted by Gasteiger charge is 2.01. The van der Waals surface area contributed by atoms with Gasteiger partial charge in [0.1, 0.15) is 12.4 Å². The van der Waals surface area contributed by atoms with Crippen LogP contribution in [0.15, 0.2) is 36.8 Å². The van der Waals surface area contributed by atoms with Gasteiger partial charge in [-0.25, -0.2) is 4.98 Å². The predicted octanol–water partition coefficient (Wildman–Crippen LogP) is 2.93. The molecule has 1 aromatic carbocycles. The molecule has 5 heteroatoms. The lowest BCUT2D eigenvalue weighted by Gasteiger charge is -2.10. The number of benzene rings is 1. The van der Waals surface area contributed by atoms with Gasteiger partial charge in [0.25, 0.3) is 0 Å². The molecule has 0 aliphatic heterocycles. The minimum atomic E-state index is 0.569. The molecule has 1 N–H and O–H groups in total. The molecule has 0 amide bonds. The molecule has 0 fully saturated rings. The van der Waals surface area contributed by atoms with E-state index in [1.165, 1.54) is 5.69 Å². The summed E-state index contributed by atoms with van der Waals surface area (Å²) in [5.74, 6) is 0.855. The van der Waals surface area contributed by atoms with Crippen LogP contribution >= 0.6 is 0 Å². The summed E-state index contributed by atoms with van der Waals surface area (Å²) in [4.78, 5) is 4.20. The van der Waals surface area contributed by atoms with E-state index in [9.17, 15) is 0 Å². The van der Waals surface area contributed by atoms with Crippen LogP contribution in [-0.2, 0) is 17.8 Å². The third-order valence-electron chi connectivity index (χ3n) is 3.15. The van der Waals surface area contributed by atoms with Gasteiger partial charge in [-0.15, -0.1) is 0 Å². The first-order valence-electron chi connectivity index (χ1n) is 7.28. The Morgan fingerprint density at radius 2 is 2.00 bits per heavy atom. The van der Waals surface area contributed by atoms with E-state index in [-0.39, 0.29) is 0 Å². The first kappa shape index (κ1) is 15.4. The van der Waals surface area contributed by atoms with Crippen molar-refractivity contribution in [2.24, 2.45) is 0 Å². The van der Waals surface area contributed by atoms with E-state index in [1.54, 1.807) is 7.11 Å². The van der Waals surface area contributed by atoms with Crippen LogP contribution in [0.1, 0.15) is 19.0 Å². The standard InChI is InChI=1S/C16H23N3O2/c1-3-8-19-13-17-11-15(19)12-18-14-4-6-16(7-5-14)21-10-9-20-2/h4-7,11,13,18H,3,8-10,12H2,1-2H3. The van der Waals surface area contributed by atoms with E-state index >= 15 is 0 Å². The molecule has 0 unspecified atom stereocenters. The zero-order chi connectivity index (χ0) is 14.9. The average Bonchev–Trinajstić information content (AvgIpc) is 2.94. The number of anilines is 1. The molecule has 2 rings (SSSR count). The maximum absolute atomic E-state index is 5.54. The van der Waals surface area contributed by atoms with E-state index in [0.717, 1.165) is 30.9 Å². The molecule has 0 bridgehead atoms. The van der Waals surface area contributed by atoms with Crippen molar-refractivity contribution in [2.45, 2.75) is 26.4 Å². The number of hydrogen-bond acceptors (Lipinski definition) is 4. The molecule has 21 heavy (non-hydrogen) atoms. The molecule has 5 nitrogen and oxygen atoms in total.